The first-order valence-electron chi connectivity index (χ1n) is 5.40. The molecule has 86 valence electrons. The van der Waals surface area contributed by atoms with E-state index >= 15 is 0 Å². The molecule has 0 fully saturated rings. The maximum atomic E-state index is 10.5. The van der Waals surface area contributed by atoms with E-state index < -0.39 is 5.03 Å². The van der Waals surface area contributed by atoms with Crippen LogP contribution in [0.25, 0.3) is 0 Å². The normalized spacial score (nSPS) is 20.0. The number of nitrogens with zero attached hydrogens (tertiary/aromatic N) is 4. The molecule has 15 heavy (non-hydrogen) atoms. The molecule has 0 bridgehead atoms. The molecule has 1 atom stereocenters. The Kier molecular flexibility index (Phi) is 4.33. The summed E-state index contributed by atoms with van der Waals surface area (Å²) in [5, 5.41) is 16.9. The van der Waals surface area contributed by atoms with Gasteiger partial charge in [0.05, 0.1) is 0 Å². The van der Waals surface area contributed by atoms with E-state index in [4.69, 9.17) is 0 Å². The molecule has 1 aliphatic heterocycles. The standard InChI is InChI=1S/C9H18N4O2/c1-3-4-5-6-7-11-9(2)12(8-10-11)13(14)15/h8-9H,3-7H2,1-2H3. The van der Waals surface area contributed by atoms with E-state index in [9.17, 15) is 10.1 Å². The number of rotatable bonds is 6. The molecule has 1 rings (SSSR count). The summed E-state index contributed by atoms with van der Waals surface area (Å²) in [5.74, 6) is 0. The van der Waals surface area contributed by atoms with Crippen molar-refractivity contribution < 1.29 is 5.03 Å². The van der Waals surface area contributed by atoms with Crippen molar-refractivity contribution >= 4 is 6.34 Å². The summed E-state index contributed by atoms with van der Waals surface area (Å²) in [6.45, 7) is 4.74. The summed E-state index contributed by atoms with van der Waals surface area (Å²) >= 11 is 0. The average Bonchev–Trinajstić information content (AvgIpc) is 2.55. The Morgan fingerprint density at radius 3 is 2.73 bits per heavy atom. The van der Waals surface area contributed by atoms with E-state index in [1.807, 2.05) is 0 Å². The summed E-state index contributed by atoms with van der Waals surface area (Å²) in [4.78, 5) is 10.5. The number of hydrogen-bond acceptors (Lipinski definition) is 4. The van der Waals surface area contributed by atoms with Gasteiger partial charge in [0.2, 0.25) is 0 Å². The van der Waals surface area contributed by atoms with Gasteiger partial charge in [0.15, 0.2) is 17.5 Å². The smallest absolute Gasteiger partial charge is 0.180 e. The van der Waals surface area contributed by atoms with Crippen LogP contribution < -0.4 is 0 Å². The Morgan fingerprint density at radius 1 is 1.47 bits per heavy atom. The molecule has 0 radical (unpaired) electrons. The third-order valence-electron chi connectivity index (χ3n) is 2.56. The lowest BCUT2D eigenvalue weighted by atomic mass is 10.2. The van der Waals surface area contributed by atoms with Gasteiger partial charge in [0.25, 0.3) is 0 Å². The zero-order chi connectivity index (χ0) is 11.3. The predicted octanol–water partition coefficient (Wildman–Crippen LogP) is 1.67. The summed E-state index contributed by atoms with van der Waals surface area (Å²) in [6.07, 6.45) is 5.63. The van der Waals surface area contributed by atoms with Crippen LogP contribution in [0.15, 0.2) is 5.10 Å². The average molecular weight is 214 g/mol. The highest BCUT2D eigenvalue weighted by atomic mass is 16.7. The van der Waals surface area contributed by atoms with E-state index in [1.54, 1.807) is 11.9 Å². The van der Waals surface area contributed by atoms with Crippen LogP contribution in [0.3, 0.4) is 0 Å². The van der Waals surface area contributed by atoms with E-state index in [-0.39, 0.29) is 6.17 Å². The van der Waals surface area contributed by atoms with Crippen LogP contribution in [0.2, 0.25) is 0 Å². The summed E-state index contributed by atoms with van der Waals surface area (Å²) < 4.78 is 0. The Bertz CT molecular complexity index is 244. The number of hydrogen-bond donors (Lipinski definition) is 0. The third-order valence-corrected chi connectivity index (χ3v) is 2.56. The molecule has 1 aliphatic rings. The summed E-state index contributed by atoms with van der Waals surface area (Å²) in [6, 6.07) is 0. The zero-order valence-electron chi connectivity index (χ0n) is 9.30. The van der Waals surface area contributed by atoms with Crippen LogP contribution in [0.1, 0.15) is 39.5 Å². The van der Waals surface area contributed by atoms with Crippen molar-refractivity contribution in [3.63, 3.8) is 0 Å². The molecule has 0 saturated heterocycles. The molecular formula is C9H18N4O2. The Labute approximate surface area is 89.7 Å². The van der Waals surface area contributed by atoms with Crippen molar-refractivity contribution in [2.45, 2.75) is 45.7 Å². The van der Waals surface area contributed by atoms with Crippen molar-refractivity contribution in [3.8, 4) is 0 Å². The van der Waals surface area contributed by atoms with Gasteiger partial charge in [-0.3, -0.25) is 5.01 Å². The van der Waals surface area contributed by atoms with Crippen LogP contribution in [0, 0.1) is 10.1 Å². The van der Waals surface area contributed by atoms with Crippen LogP contribution in [-0.4, -0.2) is 34.1 Å². The van der Waals surface area contributed by atoms with Gasteiger partial charge < -0.3 is 0 Å². The van der Waals surface area contributed by atoms with Crippen molar-refractivity contribution in [3.05, 3.63) is 10.1 Å². The van der Waals surface area contributed by atoms with Crippen LogP contribution >= 0.6 is 0 Å². The van der Waals surface area contributed by atoms with Gasteiger partial charge >= 0.3 is 0 Å². The topological polar surface area (TPSA) is 62.0 Å². The van der Waals surface area contributed by atoms with Gasteiger partial charge in [-0.1, -0.05) is 31.2 Å². The van der Waals surface area contributed by atoms with Gasteiger partial charge in [0.1, 0.15) is 0 Å². The van der Waals surface area contributed by atoms with Gasteiger partial charge in [-0.2, -0.15) is 5.10 Å². The summed E-state index contributed by atoms with van der Waals surface area (Å²) in [5.41, 5.74) is 0. The van der Waals surface area contributed by atoms with Gasteiger partial charge in [-0.05, 0) is 13.3 Å². The second-order valence-corrected chi connectivity index (χ2v) is 3.70. The minimum atomic E-state index is -0.430. The maximum Gasteiger partial charge on any atom is 0.180 e. The third kappa shape index (κ3) is 3.07. The van der Waals surface area contributed by atoms with Crippen molar-refractivity contribution in [1.29, 1.82) is 0 Å². The highest BCUT2D eigenvalue weighted by molar-refractivity contribution is 5.54. The second-order valence-electron chi connectivity index (χ2n) is 3.70. The zero-order valence-corrected chi connectivity index (χ0v) is 9.30. The van der Waals surface area contributed by atoms with Crippen molar-refractivity contribution in [2.24, 2.45) is 5.10 Å². The van der Waals surface area contributed by atoms with Crippen molar-refractivity contribution in [2.75, 3.05) is 6.54 Å². The van der Waals surface area contributed by atoms with Gasteiger partial charge in [0, 0.05) is 6.54 Å². The molecule has 6 heteroatoms. The number of unbranched alkanes of at least 4 members (excludes halogenated alkanes) is 3. The molecule has 1 heterocycles. The van der Waals surface area contributed by atoms with E-state index in [1.165, 1.54) is 19.2 Å². The molecule has 0 spiro atoms. The number of hydrazine groups is 1. The first kappa shape index (κ1) is 11.7. The fourth-order valence-electron chi connectivity index (χ4n) is 1.57. The first-order valence-corrected chi connectivity index (χ1v) is 5.40. The molecule has 0 N–H and O–H groups in total. The van der Waals surface area contributed by atoms with Crippen LogP contribution in [-0.2, 0) is 0 Å². The number of nitro groups is 1. The van der Waals surface area contributed by atoms with Gasteiger partial charge in [-0.25, -0.2) is 10.1 Å². The molecule has 0 aromatic carbocycles. The summed E-state index contributed by atoms with van der Waals surface area (Å²) in [7, 11) is 0. The van der Waals surface area contributed by atoms with Crippen LogP contribution in [0.4, 0.5) is 0 Å². The highest BCUT2D eigenvalue weighted by Gasteiger charge is 2.30. The minimum Gasteiger partial charge on any atom is -0.267 e. The van der Waals surface area contributed by atoms with E-state index in [0.717, 1.165) is 24.4 Å². The molecular weight excluding hydrogens is 196 g/mol. The lowest BCUT2D eigenvalue weighted by Gasteiger charge is -2.20. The molecule has 6 nitrogen and oxygen atoms in total. The second kappa shape index (κ2) is 5.53. The molecule has 1 unspecified atom stereocenters. The number of hydrazone groups is 1. The molecule has 0 aliphatic carbocycles. The SMILES string of the molecule is CCCCCCN1N=CN([N+](=O)[O-])C1C. The Morgan fingerprint density at radius 2 is 2.20 bits per heavy atom. The van der Waals surface area contributed by atoms with Gasteiger partial charge in [-0.15, -0.1) is 0 Å². The first-order chi connectivity index (χ1) is 7.16. The lowest BCUT2D eigenvalue weighted by Crippen LogP contribution is -2.40. The molecule has 0 amide bonds. The van der Waals surface area contributed by atoms with Crippen molar-refractivity contribution in [1.82, 2.24) is 10.0 Å². The molecule has 0 aromatic rings. The Hall–Kier alpha value is -1.33. The fourth-order valence-corrected chi connectivity index (χ4v) is 1.57. The van der Waals surface area contributed by atoms with E-state index in [2.05, 4.69) is 12.0 Å². The molecule has 0 saturated carbocycles. The monoisotopic (exact) mass is 214 g/mol. The van der Waals surface area contributed by atoms with E-state index in [0.29, 0.717) is 0 Å². The largest absolute Gasteiger partial charge is 0.267 e. The Balaban J connectivity index is 2.28. The quantitative estimate of drug-likeness (QED) is 0.383. The minimum absolute atomic E-state index is 0.262. The predicted molar refractivity (Wildman–Crippen MR) is 57.6 cm³/mol. The highest BCUT2D eigenvalue weighted by Crippen LogP contribution is 2.13. The van der Waals surface area contributed by atoms with Crippen LogP contribution in [0.5, 0.6) is 0 Å². The molecule has 0 aromatic heterocycles. The lowest BCUT2D eigenvalue weighted by molar-refractivity contribution is -0.637. The maximum absolute atomic E-state index is 10.5. The fraction of sp³-hybridized carbons (Fsp3) is 0.889.